The fraction of sp³-hybridized carbons (Fsp3) is 0.118. The van der Waals surface area contributed by atoms with Gasteiger partial charge < -0.3 is 10.1 Å². The van der Waals surface area contributed by atoms with Crippen molar-refractivity contribution >= 4 is 39.1 Å². The summed E-state index contributed by atoms with van der Waals surface area (Å²) < 4.78 is 7.75. The van der Waals surface area contributed by atoms with Crippen LogP contribution in [0.2, 0.25) is 5.02 Å². The number of aromatic nitrogens is 3. The normalized spacial score (nSPS) is 10.6. The number of rotatable bonds is 4. The Balaban J connectivity index is 1.91. The van der Waals surface area contributed by atoms with E-state index in [1.807, 2.05) is 24.3 Å². The lowest BCUT2D eigenvalue weighted by molar-refractivity contribution is 0.102. The molecule has 0 bridgehead atoms. The highest BCUT2D eigenvalue weighted by molar-refractivity contribution is 9.10. The van der Waals surface area contributed by atoms with Crippen molar-refractivity contribution in [2.24, 2.45) is 0 Å². The minimum absolute atomic E-state index is 0.224. The van der Waals surface area contributed by atoms with Crippen LogP contribution in [0.1, 0.15) is 16.2 Å². The van der Waals surface area contributed by atoms with E-state index in [1.165, 1.54) is 7.11 Å². The maximum atomic E-state index is 12.6. The van der Waals surface area contributed by atoms with Crippen molar-refractivity contribution in [3.05, 3.63) is 63.3 Å². The van der Waals surface area contributed by atoms with Crippen molar-refractivity contribution in [2.45, 2.75) is 6.92 Å². The van der Waals surface area contributed by atoms with Crippen LogP contribution in [0, 0.1) is 6.92 Å². The molecule has 0 aliphatic rings. The number of benzene rings is 2. The number of halogens is 2. The molecule has 0 atom stereocenters. The largest absolute Gasteiger partial charge is 0.495 e. The molecule has 0 aliphatic heterocycles. The van der Waals surface area contributed by atoms with Gasteiger partial charge in [0.25, 0.3) is 5.91 Å². The average molecular weight is 422 g/mol. The van der Waals surface area contributed by atoms with E-state index < -0.39 is 0 Å². The molecule has 3 rings (SSSR count). The first-order valence-corrected chi connectivity index (χ1v) is 8.50. The minimum atomic E-state index is -0.390. The summed E-state index contributed by atoms with van der Waals surface area (Å²) in [5.41, 5.74) is 2.12. The number of amides is 1. The molecule has 1 N–H and O–H groups in total. The first-order chi connectivity index (χ1) is 12.0. The molecular formula is C17H14BrClN4O2. The van der Waals surface area contributed by atoms with Gasteiger partial charge in [0.1, 0.15) is 5.75 Å². The number of hydrogen-bond donors (Lipinski definition) is 1. The minimum Gasteiger partial charge on any atom is -0.495 e. The number of nitrogens with one attached hydrogen (secondary N) is 1. The highest BCUT2D eigenvalue weighted by Crippen LogP contribution is 2.28. The van der Waals surface area contributed by atoms with E-state index in [4.69, 9.17) is 16.3 Å². The first-order valence-electron chi connectivity index (χ1n) is 7.32. The summed E-state index contributed by atoms with van der Waals surface area (Å²) >= 11 is 9.41. The first kappa shape index (κ1) is 17.4. The van der Waals surface area contributed by atoms with Gasteiger partial charge in [0, 0.05) is 9.50 Å². The third-order valence-electron chi connectivity index (χ3n) is 3.57. The molecule has 128 valence electrons. The number of carbonyl (C=O) groups excluding carboxylic acids is 1. The molecule has 0 saturated heterocycles. The number of ether oxygens (including phenoxy) is 1. The number of carbonyl (C=O) groups is 1. The Morgan fingerprint density at radius 3 is 2.80 bits per heavy atom. The second kappa shape index (κ2) is 7.25. The predicted octanol–water partition coefficient (Wildman–Crippen LogP) is 4.25. The molecule has 6 nitrogen and oxygen atoms in total. The van der Waals surface area contributed by atoms with Gasteiger partial charge in [-0.25, -0.2) is 4.68 Å². The summed E-state index contributed by atoms with van der Waals surface area (Å²) in [6, 6.07) is 12.6. The molecule has 0 spiro atoms. The number of methoxy groups -OCH3 is 1. The maximum Gasteiger partial charge on any atom is 0.278 e. The van der Waals surface area contributed by atoms with E-state index in [-0.39, 0.29) is 11.6 Å². The third kappa shape index (κ3) is 3.67. The van der Waals surface area contributed by atoms with Crippen molar-refractivity contribution in [1.29, 1.82) is 0 Å². The van der Waals surface area contributed by atoms with Gasteiger partial charge in [-0.3, -0.25) is 4.79 Å². The van der Waals surface area contributed by atoms with Crippen LogP contribution in [-0.4, -0.2) is 28.0 Å². The van der Waals surface area contributed by atoms with Gasteiger partial charge in [-0.1, -0.05) is 38.8 Å². The third-order valence-corrected chi connectivity index (χ3v) is 4.30. The van der Waals surface area contributed by atoms with E-state index in [1.54, 1.807) is 29.8 Å². The fourth-order valence-electron chi connectivity index (χ4n) is 2.35. The Morgan fingerprint density at radius 2 is 2.08 bits per heavy atom. The standard InChI is InChI=1S/C17H14BrClN4O2/c1-10-16(21-22-23(10)13-5-3-4-11(18)8-13)17(24)20-14-9-12(19)6-7-15(14)25-2/h3-9H,1-2H3,(H,20,24). The zero-order valence-corrected chi connectivity index (χ0v) is 15.8. The number of nitrogens with zero attached hydrogens (tertiary/aromatic N) is 3. The molecule has 0 unspecified atom stereocenters. The Morgan fingerprint density at radius 1 is 1.28 bits per heavy atom. The van der Waals surface area contributed by atoms with Crippen LogP contribution in [0.3, 0.4) is 0 Å². The summed E-state index contributed by atoms with van der Waals surface area (Å²) in [5.74, 6) is 0.120. The summed E-state index contributed by atoms with van der Waals surface area (Å²) in [6.45, 7) is 1.78. The molecule has 8 heteroatoms. The molecule has 1 heterocycles. The fourth-order valence-corrected chi connectivity index (χ4v) is 2.91. The zero-order chi connectivity index (χ0) is 18.0. The van der Waals surface area contributed by atoms with Crippen LogP contribution in [0.4, 0.5) is 5.69 Å². The predicted molar refractivity (Wildman–Crippen MR) is 99.8 cm³/mol. The molecule has 25 heavy (non-hydrogen) atoms. The smallest absolute Gasteiger partial charge is 0.278 e. The summed E-state index contributed by atoms with van der Waals surface area (Å²) in [5, 5.41) is 11.3. The molecule has 3 aromatic rings. The maximum absolute atomic E-state index is 12.6. The Bertz CT molecular complexity index is 942. The number of hydrogen-bond acceptors (Lipinski definition) is 4. The molecular weight excluding hydrogens is 408 g/mol. The van der Waals surface area contributed by atoms with Gasteiger partial charge in [-0.2, -0.15) is 0 Å². The lowest BCUT2D eigenvalue weighted by atomic mass is 10.2. The van der Waals surface area contributed by atoms with E-state index in [2.05, 4.69) is 31.6 Å². The summed E-state index contributed by atoms with van der Waals surface area (Å²) in [6.07, 6.45) is 0. The van der Waals surface area contributed by atoms with Gasteiger partial charge in [-0.05, 0) is 43.3 Å². The van der Waals surface area contributed by atoms with Crippen LogP contribution in [0.15, 0.2) is 46.9 Å². The molecule has 0 saturated carbocycles. The van der Waals surface area contributed by atoms with Gasteiger partial charge in [0.15, 0.2) is 5.69 Å². The van der Waals surface area contributed by atoms with Gasteiger partial charge in [0.05, 0.1) is 24.2 Å². The topological polar surface area (TPSA) is 69.0 Å². The summed E-state index contributed by atoms with van der Waals surface area (Å²) in [7, 11) is 1.52. The van der Waals surface area contributed by atoms with Crippen molar-refractivity contribution < 1.29 is 9.53 Å². The highest BCUT2D eigenvalue weighted by Gasteiger charge is 2.19. The molecule has 0 radical (unpaired) electrons. The van der Waals surface area contributed by atoms with Crippen molar-refractivity contribution in [1.82, 2.24) is 15.0 Å². The summed E-state index contributed by atoms with van der Waals surface area (Å²) in [4.78, 5) is 12.6. The van der Waals surface area contributed by atoms with E-state index in [9.17, 15) is 4.79 Å². The Kier molecular flexibility index (Phi) is 5.06. The highest BCUT2D eigenvalue weighted by atomic mass is 79.9. The Hall–Kier alpha value is -2.38. The van der Waals surface area contributed by atoms with Crippen molar-refractivity contribution in [3.8, 4) is 11.4 Å². The van der Waals surface area contributed by atoms with Crippen LogP contribution < -0.4 is 10.1 Å². The van der Waals surface area contributed by atoms with E-state index in [0.717, 1.165) is 10.2 Å². The van der Waals surface area contributed by atoms with Crippen molar-refractivity contribution in [2.75, 3.05) is 12.4 Å². The quantitative estimate of drug-likeness (QED) is 0.684. The van der Waals surface area contributed by atoms with Crippen LogP contribution in [0.5, 0.6) is 5.75 Å². The molecule has 1 amide bonds. The lowest BCUT2D eigenvalue weighted by Crippen LogP contribution is -2.15. The van der Waals surface area contributed by atoms with Crippen LogP contribution >= 0.6 is 27.5 Å². The average Bonchev–Trinajstić information content (AvgIpc) is 2.97. The molecule has 0 aliphatic carbocycles. The van der Waals surface area contributed by atoms with Crippen LogP contribution in [-0.2, 0) is 0 Å². The van der Waals surface area contributed by atoms with Gasteiger partial charge in [-0.15, -0.1) is 5.10 Å². The van der Waals surface area contributed by atoms with E-state index in [0.29, 0.717) is 22.2 Å². The van der Waals surface area contributed by atoms with Crippen LogP contribution in [0.25, 0.3) is 5.69 Å². The van der Waals surface area contributed by atoms with Crippen molar-refractivity contribution in [3.63, 3.8) is 0 Å². The second-order valence-corrected chi connectivity index (χ2v) is 6.57. The lowest BCUT2D eigenvalue weighted by Gasteiger charge is -2.10. The monoisotopic (exact) mass is 420 g/mol. The van der Waals surface area contributed by atoms with Gasteiger partial charge in [0.2, 0.25) is 0 Å². The molecule has 1 aromatic heterocycles. The number of anilines is 1. The SMILES string of the molecule is COc1ccc(Cl)cc1NC(=O)c1nnn(-c2cccc(Br)c2)c1C. The molecule has 2 aromatic carbocycles. The Labute approximate surface area is 157 Å². The molecule has 0 fully saturated rings. The van der Waals surface area contributed by atoms with E-state index >= 15 is 0 Å². The zero-order valence-electron chi connectivity index (χ0n) is 13.5. The second-order valence-electron chi connectivity index (χ2n) is 5.21. The van der Waals surface area contributed by atoms with Gasteiger partial charge >= 0.3 is 0 Å².